The molecule has 0 saturated carbocycles. The van der Waals surface area contributed by atoms with Crippen LogP contribution in [0.15, 0.2) is 83.4 Å². The SMILES string of the molecule is COc1ccc(C(=O)NC2=NC(=C(C#N)C(=O)NCc3ccccc3)c3ccccc32)cc1OC. The third kappa shape index (κ3) is 4.89. The van der Waals surface area contributed by atoms with E-state index in [0.717, 1.165) is 5.56 Å². The first-order valence-corrected chi connectivity index (χ1v) is 10.7. The smallest absolute Gasteiger partial charge is 0.264 e. The van der Waals surface area contributed by atoms with Crippen molar-refractivity contribution in [2.75, 3.05) is 14.2 Å². The number of carbonyl (C=O) groups is 2. The fourth-order valence-electron chi connectivity index (χ4n) is 3.65. The molecule has 1 aliphatic heterocycles. The van der Waals surface area contributed by atoms with Crippen molar-refractivity contribution in [1.82, 2.24) is 10.6 Å². The molecule has 0 fully saturated rings. The lowest BCUT2D eigenvalue weighted by Gasteiger charge is -2.10. The second-order valence-corrected chi connectivity index (χ2v) is 7.53. The third-order valence-corrected chi connectivity index (χ3v) is 5.41. The number of amides is 2. The number of aliphatic imine (C=N–C) groups is 1. The maximum atomic E-state index is 13.0. The van der Waals surface area contributed by atoms with Gasteiger partial charge in [0.2, 0.25) is 0 Å². The lowest BCUT2D eigenvalue weighted by Crippen LogP contribution is -2.30. The van der Waals surface area contributed by atoms with E-state index < -0.39 is 11.8 Å². The number of methoxy groups -OCH3 is 2. The summed E-state index contributed by atoms with van der Waals surface area (Å²) in [7, 11) is 3.00. The number of amidine groups is 1. The zero-order valence-corrected chi connectivity index (χ0v) is 19.2. The second kappa shape index (κ2) is 10.4. The number of nitrogens with zero attached hydrogens (tertiary/aromatic N) is 2. The van der Waals surface area contributed by atoms with Gasteiger partial charge in [-0.25, -0.2) is 4.99 Å². The Morgan fingerprint density at radius 3 is 2.29 bits per heavy atom. The molecule has 8 heteroatoms. The Hall–Kier alpha value is -4.90. The highest BCUT2D eigenvalue weighted by Gasteiger charge is 2.27. The lowest BCUT2D eigenvalue weighted by atomic mass is 10.0. The van der Waals surface area contributed by atoms with Crippen molar-refractivity contribution in [3.63, 3.8) is 0 Å². The Bertz CT molecular complexity index is 1390. The highest BCUT2D eigenvalue weighted by Crippen LogP contribution is 2.31. The van der Waals surface area contributed by atoms with Crippen LogP contribution in [0.4, 0.5) is 0 Å². The number of nitrogens with one attached hydrogen (secondary N) is 2. The van der Waals surface area contributed by atoms with Gasteiger partial charge in [-0.3, -0.25) is 9.59 Å². The molecule has 0 unspecified atom stereocenters. The normalized spacial score (nSPS) is 13.1. The molecular formula is C27H22N4O4. The van der Waals surface area contributed by atoms with Crippen molar-refractivity contribution in [1.29, 1.82) is 5.26 Å². The van der Waals surface area contributed by atoms with E-state index >= 15 is 0 Å². The van der Waals surface area contributed by atoms with Gasteiger partial charge in [-0.15, -0.1) is 0 Å². The van der Waals surface area contributed by atoms with E-state index in [1.54, 1.807) is 42.5 Å². The van der Waals surface area contributed by atoms with Crippen LogP contribution >= 0.6 is 0 Å². The van der Waals surface area contributed by atoms with Crippen LogP contribution in [0.5, 0.6) is 11.5 Å². The van der Waals surface area contributed by atoms with Crippen molar-refractivity contribution < 1.29 is 19.1 Å². The Labute approximate surface area is 202 Å². The molecule has 2 amide bonds. The van der Waals surface area contributed by atoms with Gasteiger partial charge in [0, 0.05) is 23.2 Å². The Morgan fingerprint density at radius 1 is 0.914 bits per heavy atom. The third-order valence-electron chi connectivity index (χ3n) is 5.41. The van der Waals surface area contributed by atoms with Crippen molar-refractivity contribution >= 4 is 23.3 Å². The molecule has 0 radical (unpaired) electrons. The molecule has 3 aromatic carbocycles. The molecule has 1 heterocycles. The molecule has 35 heavy (non-hydrogen) atoms. The summed E-state index contributed by atoms with van der Waals surface area (Å²) in [5.41, 5.74) is 2.50. The van der Waals surface area contributed by atoms with Crippen LogP contribution in [0.2, 0.25) is 0 Å². The first-order chi connectivity index (χ1) is 17.0. The Kier molecular flexibility index (Phi) is 6.88. The van der Waals surface area contributed by atoms with Gasteiger partial charge >= 0.3 is 0 Å². The molecule has 0 saturated heterocycles. The van der Waals surface area contributed by atoms with E-state index in [1.807, 2.05) is 36.4 Å². The first kappa shape index (κ1) is 23.3. The monoisotopic (exact) mass is 466 g/mol. The van der Waals surface area contributed by atoms with Gasteiger partial charge in [-0.05, 0) is 23.8 Å². The molecular weight excluding hydrogens is 444 g/mol. The van der Waals surface area contributed by atoms with Gasteiger partial charge in [0.15, 0.2) is 11.5 Å². The number of hydrogen-bond donors (Lipinski definition) is 2. The summed E-state index contributed by atoms with van der Waals surface area (Å²) >= 11 is 0. The fourth-order valence-corrected chi connectivity index (χ4v) is 3.65. The molecule has 0 spiro atoms. The van der Waals surface area contributed by atoms with Crippen molar-refractivity contribution in [2.45, 2.75) is 6.54 Å². The summed E-state index contributed by atoms with van der Waals surface area (Å²) in [6.45, 7) is 0.270. The standard InChI is InChI=1S/C27H22N4O4/c1-34-22-13-12-18(14-23(22)35-2)26(32)31-25-20-11-7-6-10-19(20)24(30-25)21(15-28)27(33)29-16-17-8-4-3-5-9-17/h3-14H,16H2,1-2H3,(H,29,33)(H,30,31,32). The van der Waals surface area contributed by atoms with E-state index in [2.05, 4.69) is 15.6 Å². The molecule has 0 atom stereocenters. The minimum Gasteiger partial charge on any atom is -0.493 e. The van der Waals surface area contributed by atoms with Gasteiger partial charge < -0.3 is 20.1 Å². The van der Waals surface area contributed by atoms with Crippen LogP contribution in [0.3, 0.4) is 0 Å². The van der Waals surface area contributed by atoms with Crippen LogP contribution in [0, 0.1) is 11.3 Å². The van der Waals surface area contributed by atoms with Gasteiger partial charge in [-0.1, -0.05) is 54.6 Å². The molecule has 0 aromatic heterocycles. The van der Waals surface area contributed by atoms with E-state index in [0.29, 0.717) is 28.2 Å². The topological polar surface area (TPSA) is 113 Å². The van der Waals surface area contributed by atoms with Crippen LogP contribution in [-0.4, -0.2) is 31.9 Å². The summed E-state index contributed by atoms with van der Waals surface area (Å²) in [4.78, 5) is 30.3. The first-order valence-electron chi connectivity index (χ1n) is 10.7. The molecule has 0 bridgehead atoms. The van der Waals surface area contributed by atoms with Gasteiger partial charge in [0.05, 0.1) is 19.9 Å². The number of rotatable bonds is 6. The minimum atomic E-state index is -0.544. The van der Waals surface area contributed by atoms with E-state index in [1.165, 1.54) is 14.2 Å². The predicted molar refractivity (Wildman–Crippen MR) is 131 cm³/mol. The average Bonchev–Trinajstić information content (AvgIpc) is 3.26. The molecule has 0 aliphatic carbocycles. The summed E-state index contributed by atoms with van der Waals surface area (Å²) in [6, 6.07) is 23.3. The van der Waals surface area contributed by atoms with Crippen molar-refractivity contribution in [3.8, 4) is 17.6 Å². The number of hydrogen-bond acceptors (Lipinski definition) is 6. The van der Waals surface area contributed by atoms with Gasteiger partial charge in [-0.2, -0.15) is 5.26 Å². The number of carbonyl (C=O) groups excluding carboxylic acids is 2. The molecule has 4 rings (SSSR count). The van der Waals surface area contributed by atoms with Crippen molar-refractivity contribution in [3.05, 3.63) is 101 Å². The quantitative estimate of drug-likeness (QED) is 0.427. The largest absolute Gasteiger partial charge is 0.493 e. The number of ether oxygens (including phenoxy) is 2. The van der Waals surface area contributed by atoms with Crippen LogP contribution in [0.25, 0.3) is 5.70 Å². The lowest BCUT2D eigenvalue weighted by molar-refractivity contribution is -0.117. The van der Waals surface area contributed by atoms with Gasteiger partial charge in [0.25, 0.3) is 11.8 Å². The molecule has 174 valence electrons. The fraction of sp³-hybridized carbons (Fsp3) is 0.111. The van der Waals surface area contributed by atoms with Crippen LogP contribution < -0.4 is 20.1 Å². The Balaban J connectivity index is 1.63. The predicted octanol–water partition coefficient (Wildman–Crippen LogP) is 3.45. The van der Waals surface area contributed by atoms with E-state index in [9.17, 15) is 14.9 Å². The summed E-state index contributed by atoms with van der Waals surface area (Å²) in [6.07, 6.45) is 0. The minimum absolute atomic E-state index is 0.135. The number of benzene rings is 3. The van der Waals surface area contributed by atoms with Crippen LogP contribution in [0.1, 0.15) is 27.0 Å². The second-order valence-electron chi connectivity index (χ2n) is 7.53. The summed E-state index contributed by atoms with van der Waals surface area (Å²) in [5, 5.41) is 15.3. The average molecular weight is 466 g/mol. The summed E-state index contributed by atoms with van der Waals surface area (Å²) in [5.74, 6) is 0.193. The Morgan fingerprint density at radius 2 is 1.60 bits per heavy atom. The maximum Gasteiger partial charge on any atom is 0.264 e. The van der Waals surface area contributed by atoms with Crippen molar-refractivity contribution in [2.24, 2.45) is 4.99 Å². The molecule has 1 aliphatic rings. The van der Waals surface area contributed by atoms with Crippen LogP contribution in [-0.2, 0) is 11.3 Å². The zero-order valence-electron chi connectivity index (χ0n) is 19.2. The molecule has 2 N–H and O–H groups in total. The number of nitriles is 1. The van der Waals surface area contributed by atoms with E-state index in [4.69, 9.17) is 9.47 Å². The highest BCUT2D eigenvalue weighted by molar-refractivity contribution is 6.20. The molecule has 8 nitrogen and oxygen atoms in total. The zero-order chi connectivity index (χ0) is 24.8. The maximum absolute atomic E-state index is 13.0. The number of fused-ring (bicyclic) bond motifs is 1. The summed E-state index contributed by atoms with van der Waals surface area (Å²) < 4.78 is 10.5. The van der Waals surface area contributed by atoms with E-state index in [-0.39, 0.29) is 23.7 Å². The van der Waals surface area contributed by atoms with Gasteiger partial charge in [0.1, 0.15) is 17.5 Å². The molecule has 3 aromatic rings. The highest BCUT2D eigenvalue weighted by atomic mass is 16.5.